The predicted octanol–water partition coefficient (Wildman–Crippen LogP) is 2.47. The number of aromatic nitrogens is 1. The lowest BCUT2D eigenvalue weighted by molar-refractivity contribution is 0.0697. The van der Waals surface area contributed by atoms with Crippen LogP contribution < -0.4 is 5.32 Å². The molecule has 0 fully saturated rings. The standard InChI is InChI=1S/C11H15FN2O2S/c1-3-8(6-17-2)14-10-9(11(15)16)4-7(12)5-13-10/h4-5,8H,3,6H2,1-2H3,(H,13,14)(H,15,16). The largest absolute Gasteiger partial charge is 0.478 e. The quantitative estimate of drug-likeness (QED) is 0.820. The van der Waals surface area contributed by atoms with Gasteiger partial charge in [-0.25, -0.2) is 14.2 Å². The minimum Gasteiger partial charge on any atom is -0.478 e. The number of thioether (sulfide) groups is 1. The lowest BCUT2D eigenvalue weighted by Crippen LogP contribution is -2.23. The Balaban J connectivity index is 2.92. The Morgan fingerprint density at radius 2 is 2.41 bits per heavy atom. The maximum absolute atomic E-state index is 12.9. The van der Waals surface area contributed by atoms with Gasteiger partial charge in [-0.05, 0) is 18.7 Å². The normalized spacial score (nSPS) is 12.2. The monoisotopic (exact) mass is 258 g/mol. The second-order valence-corrected chi connectivity index (χ2v) is 4.47. The molecule has 0 spiro atoms. The Labute approximate surface area is 104 Å². The zero-order valence-electron chi connectivity index (χ0n) is 9.74. The topological polar surface area (TPSA) is 62.2 Å². The molecule has 6 heteroatoms. The van der Waals surface area contributed by atoms with Gasteiger partial charge in [0.25, 0.3) is 0 Å². The molecule has 0 aliphatic rings. The Bertz CT molecular complexity index is 401. The average molecular weight is 258 g/mol. The molecule has 0 radical (unpaired) electrons. The first kappa shape index (κ1) is 13.8. The van der Waals surface area contributed by atoms with Crippen molar-refractivity contribution in [1.82, 2.24) is 4.98 Å². The zero-order chi connectivity index (χ0) is 12.8. The number of halogens is 1. The summed E-state index contributed by atoms with van der Waals surface area (Å²) in [7, 11) is 0. The van der Waals surface area contributed by atoms with E-state index in [0.717, 1.165) is 24.4 Å². The summed E-state index contributed by atoms with van der Waals surface area (Å²) < 4.78 is 12.9. The van der Waals surface area contributed by atoms with Crippen molar-refractivity contribution in [3.8, 4) is 0 Å². The number of nitrogens with one attached hydrogen (secondary N) is 1. The smallest absolute Gasteiger partial charge is 0.339 e. The van der Waals surface area contributed by atoms with Crippen molar-refractivity contribution in [3.05, 3.63) is 23.6 Å². The summed E-state index contributed by atoms with van der Waals surface area (Å²) in [6.07, 6.45) is 3.83. The van der Waals surface area contributed by atoms with Gasteiger partial charge in [0, 0.05) is 11.8 Å². The molecule has 1 rings (SSSR count). The van der Waals surface area contributed by atoms with E-state index in [1.165, 1.54) is 0 Å². The first-order chi connectivity index (χ1) is 8.08. The molecule has 0 aromatic carbocycles. The lowest BCUT2D eigenvalue weighted by atomic mass is 10.2. The van der Waals surface area contributed by atoms with Crippen LogP contribution in [0.5, 0.6) is 0 Å². The molecule has 2 N–H and O–H groups in total. The van der Waals surface area contributed by atoms with Gasteiger partial charge in [0.05, 0.1) is 6.20 Å². The summed E-state index contributed by atoms with van der Waals surface area (Å²) in [6, 6.07) is 1.10. The molecular weight excluding hydrogens is 243 g/mol. The number of carboxylic acids is 1. The number of carbonyl (C=O) groups is 1. The molecule has 1 aromatic rings. The summed E-state index contributed by atoms with van der Waals surface area (Å²) in [5.74, 6) is -0.765. The number of pyridine rings is 1. The van der Waals surface area contributed by atoms with Gasteiger partial charge >= 0.3 is 5.97 Å². The second kappa shape index (κ2) is 6.44. The third-order valence-corrected chi connectivity index (χ3v) is 3.02. The van der Waals surface area contributed by atoms with E-state index in [9.17, 15) is 9.18 Å². The van der Waals surface area contributed by atoms with Crippen LogP contribution >= 0.6 is 11.8 Å². The molecule has 4 nitrogen and oxygen atoms in total. The maximum atomic E-state index is 12.9. The van der Waals surface area contributed by atoms with E-state index in [4.69, 9.17) is 5.11 Å². The van der Waals surface area contributed by atoms with Gasteiger partial charge in [-0.2, -0.15) is 11.8 Å². The van der Waals surface area contributed by atoms with Crippen molar-refractivity contribution in [1.29, 1.82) is 0 Å². The SMILES string of the molecule is CCC(CSC)Nc1ncc(F)cc1C(=O)O. The number of hydrogen-bond acceptors (Lipinski definition) is 4. The van der Waals surface area contributed by atoms with E-state index < -0.39 is 11.8 Å². The van der Waals surface area contributed by atoms with Crippen LogP contribution in [0.3, 0.4) is 0 Å². The van der Waals surface area contributed by atoms with Crippen LogP contribution in [0.25, 0.3) is 0 Å². The summed E-state index contributed by atoms with van der Waals surface area (Å²) in [5.41, 5.74) is -0.135. The van der Waals surface area contributed by atoms with Crippen LogP contribution in [0, 0.1) is 5.82 Å². The van der Waals surface area contributed by atoms with Gasteiger partial charge < -0.3 is 10.4 Å². The molecule has 1 atom stereocenters. The minimum absolute atomic E-state index is 0.126. The fourth-order valence-corrected chi connectivity index (χ4v) is 2.09. The molecule has 0 aliphatic heterocycles. The Morgan fingerprint density at radius 3 is 2.94 bits per heavy atom. The van der Waals surface area contributed by atoms with Gasteiger partial charge in [-0.3, -0.25) is 0 Å². The minimum atomic E-state index is -1.18. The molecule has 1 heterocycles. The number of hydrogen-bond donors (Lipinski definition) is 2. The lowest BCUT2D eigenvalue weighted by Gasteiger charge is -2.17. The fraction of sp³-hybridized carbons (Fsp3) is 0.455. The highest BCUT2D eigenvalue weighted by Crippen LogP contribution is 2.16. The van der Waals surface area contributed by atoms with Crippen LogP contribution in [0.15, 0.2) is 12.3 Å². The number of aromatic carboxylic acids is 1. The zero-order valence-corrected chi connectivity index (χ0v) is 10.6. The third-order valence-electron chi connectivity index (χ3n) is 2.29. The van der Waals surface area contributed by atoms with Crippen LogP contribution in [-0.4, -0.2) is 34.1 Å². The first-order valence-corrected chi connectivity index (χ1v) is 6.62. The second-order valence-electron chi connectivity index (χ2n) is 3.56. The average Bonchev–Trinajstić information content (AvgIpc) is 2.30. The van der Waals surface area contributed by atoms with E-state index in [1.54, 1.807) is 11.8 Å². The molecule has 0 bridgehead atoms. The molecule has 94 valence electrons. The van der Waals surface area contributed by atoms with Crippen molar-refractivity contribution in [3.63, 3.8) is 0 Å². The molecular formula is C11H15FN2O2S. The highest BCUT2D eigenvalue weighted by molar-refractivity contribution is 7.98. The summed E-state index contributed by atoms with van der Waals surface area (Å²) in [6.45, 7) is 2.00. The van der Waals surface area contributed by atoms with Crippen molar-refractivity contribution in [2.45, 2.75) is 19.4 Å². The molecule has 1 unspecified atom stereocenters. The number of anilines is 1. The first-order valence-electron chi connectivity index (χ1n) is 5.22. The van der Waals surface area contributed by atoms with Crippen LogP contribution in [0.1, 0.15) is 23.7 Å². The van der Waals surface area contributed by atoms with Crippen LogP contribution in [-0.2, 0) is 0 Å². The molecule has 17 heavy (non-hydrogen) atoms. The summed E-state index contributed by atoms with van der Waals surface area (Å²) in [4.78, 5) is 14.7. The molecule has 0 aliphatic carbocycles. The van der Waals surface area contributed by atoms with Crippen molar-refractivity contribution in [2.75, 3.05) is 17.3 Å². The van der Waals surface area contributed by atoms with E-state index in [0.29, 0.717) is 0 Å². The van der Waals surface area contributed by atoms with Gasteiger partial charge in [0.1, 0.15) is 17.2 Å². The van der Waals surface area contributed by atoms with Gasteiger partial charge in [-0.1, -0.05) is 6.92 Å². The number of nitrogens with zero attached hydrogens (tertiary/aromatic N) is 1. The molecule has 0 saturated carbocycles. The molecule has 1 aromatic heterocycles. The Kier molecular flexibility index (Phi) is 5.21. The van der Waals surface area contributed by atoms with E-state index >= 15 is 0 Å². The fourth-order valence-electron chi connectivity index (χ4n) is 1.37. The molecule has 0 saturated heterocycles. The van der Waals surface area contributed by atoms with Crippen molar-refractivity contribution >= 4 is 23.5 Å². The van der Waals surface area contributed by atoms with Gasteiger partial charge in [0.2, 0.25) is 0 Å². The summed E-state index contributed by atoms with van der Waals surface area (Å²) >= 11 is 1.66. The number of rotatable bonds is 6. The summed E-state index contributed by atoms with van der Waals surface area (Å²) in [5, 5.41) is 12.0. The predicted molar refractivity (Wildman–Crippen MR) is 67.2 cm³/mol. The van der Waals surface area contributed by atoms with E-state index in [1.807, 2.05) is 13.2 Å². The van der Waals surface area contributed by atoms with Crippen molar-refractivity contribution < 1.29 is 14.3 Å². The van der Waals surface area contributed by atoms with Gasteiger partial charge in [0.15, 0.2) is 0 Å². The van der Waals surface area contributed by atoms with Crippen LogP contribution in [0.4, 0.5) is 10.2 Å². The van der Waals surface area contributed by atoms with Crippen molar-refractivity contribution in [2.24, 2.45) is 0 Å². The van der Waals surface area contributed by atoms with E-state index in [2.05, 4.69) is 10.3 Å². The highest BCUT2D eigenvalue weighted by Gasteiger charge is 2.15. The number of carboxylic acid groups (broad SMARTS) is 1. The highest BCUT2D eigenvalue weighted by atomic mass is 32.2. The Morgan fingerprint density at radius 1 is 1.71 bits per heavy atom. The van der Waals surface area contributed by atoms with Crippen LogP contribution in [0.2, 0.25) is 0 Å². The van der Waals surface area contributed by atoms with E-state index in [-0.39, 0.29) is 17.4 Å². The van der Waals surface area contributed by atoms with Gasteiger partial charge in [-0.15, -0.1) is 0 Å². The third kappa shape index (κ3) is 3.89. The molecule has 0 amide bonds. The maximum Gasteiger partial charge on any atom is 0.339 e. The Hall–Kier alpha value is -1.30.